The van der Waals surface area contributed by atoms with Crippen molar-refractivity contribution in [1.82, 2.24) is 15.3 Å². The van der Waals surface area contributed by atoms with E-state index in [-0.39, 0.29) is 17.9 Å². The topological polar surface area (TPSA) is 93.4 Å². The number of amides is 1. The van der Waals surface area contributed by atoms with Crippen LogP contribution in [0.3, 0.4) is 0 Å². The van der Waals surface area contributed by atoms with Crippen molar-refractivity contribution >= 4 is 11.7 Å². The van der Waals surface area contributed by atoms with Crippen molar-refractivity contribution in [2.45, 2.75) is 51.6 Å². The van der Waals surface area contributed by atoms with Gasteiger partial charge in [-0.1, -0.05) is 0 Å². The number of nitrogens with two attached hydrogens (primary N) is 1. The molecule has 25 heavy (non-hydrogen) atoms. The zero-order valence-electron chi connectivity index (χ0n) is 15.2. The van der Waals surface area contributed by atoms with E-state index in [0.29, 0.717) is 13.2 Å². The summed E-state index contributed by atoms with van der Waals surface area (Å²) in [4.78, 5) is 23.6. The molecule has 3 heterocycles. The Bertz CT molecular complexity index is 575. The van der Waals surface area contributed by atoms with E-state index in [1.165, 1.54) is 0 Å². The van der Waals surface area contributed by atoms with Crippen LogP contribution in [-0.4, -0.2) is 54.3 Å². The number of piperidine rings is 1. The van der Waals surface area contributed by atoms with Gasteiger partial charge in [0.25, 0.3) is 0 Å². The predicted molar refractivity (Wildman–Crippen MR) is 96.4 cm³/mol. The average molecular weight is 347 g/mol. The van der Waals surface area contributed by atoms with Gasteiger partial charge in [-0.3, -0.25) is 4.79 Å². The number of aromatic nitrogens is 2. The predicted octanol–water partition coefficient (Wildman–Crippen LogP) is 0.932. The van der Waals surface area contributed by atoms with Gasteiger partial charge in [-0.25, -0.2) is 9.97 Å². The van der Waals surface area contributed by atoms with E-state index in [0.717, 1.165) is 56.1 Å². The van der Waals surface area contributed by atoms with Gasteiger partial charge in [0.05, 0.1) is 6.04 Å². The van der Waals surface area contributed by atoms with Crippen molar-refractivity contribution in [3.63, 3.8) is 0 Å². The number of hydrogen-bond acceptors (Lipinski definition) is 6. The number of carbonyl (C=O) groups excluding carboxylic acids is 1. The fourth-order valence-electron chi connectivity index (χ4n) is 3.70. The van der Waals surface area contributed by atoms with Gasteiger partial charge in [-0.15, -0.1) is 0 Å². The van der Waals surface area contributed by atoms with Crippen LogP contribution >= 0.6 is 0 Å². The van der Waals surface area contributed by atoms with Gasteiger partial charge < -0.3 is 20.7 Å². The molecule has 7 heteroatoms. The van der Waals surface area contributed by atoms with E-state index in [4.69, 9.17) is 10.5 Å². The molecule has 2 aliphatic heterocycles. The molecule has 1 aromatic heterocycles. The maximum Gasteiger partial charge on any atom is 0.237 e. The first kappa shape index (κ1) is 18.1. The molecule has 0 aliphatic carbocycles. The number of ether oxygens (including phenoxy) is 1. The van der Waals surface area contributed by atoms with Crippen molar-refractivity contribution in [3.05, 3.63) is 17.6 Å². The quantitative estimate of drug-likeness (QED) is 0.842. The average Bonchev–Trinajstić information content (AvgIpc) is 2.61. The standard InChI is InChI=1S/C18H29N5O2/c1-12-11-16(21-13(2)20-12)23-7-3-15(4-8-23)22-18(24)17(19)14-5-9-25-10-6-14/h11,14-15,17H,3-10,19H2,1-2H3,(H,22,24). The minimum absolute atomic E-state index is 0.0147. The monoisotopic (exact) mass is 347 g/mol. The maximum atomic E-state index is 12.4. The second-order valence-corrected chi connectivity index (χ2v) is 7.16. The summed E-state index contributed by atoms with van der Waals surface area (Å²) in [5, 5.41) is 3.15. The third-order valence-corrected chi connectivity index (χ3v) is 5.19. The van der Waals surface area contributed by atoms with E-state index in [2.05, 4.69) is 20.2 Å². The Labute approximate surface area is 149 Å². The van der Waals surface area contributed by atoms with Crippen molar-refractivity contribution in [2.75, 3.05) is 31.2 Å². The molecular formula is C18H29N5O2. The SMILES string of the molecule is Cc1cc(N2CCC(NC(=O)C(N)C3CCOCC3)CC2)nc(C)n1. The van der Waals surface area contributed by atoms with Gasteiger partial charge in [0.1, 0.15) is 11.6 Å². The third-order valence-electron chi connectivity index (χ3n) is 5.19. The van der Waals surface area contributed by atoms with E-state index >= 15 is 0 Å². The van der Waals surface area contributed by atoms with Crippen LogP contribution < -0.4 is 16.0 Å². The zero-order chi connectivity index (χ0) is 17.8. The molecule has 0 spiro atoms. The molecule has 0 radical (unpaired) electrons. The molecule has 7 nitrogen and oxygen atoms in total. The minimum atomic E-state index is -0.422. The highest BCUT2D eigenvalue weighted by Crippen LogP contribution is 2.20. The molecular weight excluding hydrogens is 318 g/mol. The van der Waals surface area contributed by atoms with E-state index < -0.39 is 6.04 Å². The van der Waals surface area contributed by atoms with Crippen LogP contribution in [-0.2, 0) is 9.53 Å². The van der Waals surface area contributed by atoms with Crippen LogP contribution in [0.4, 0.5) is 5.82 Å². The highest BCUT2D eigenvalue weighted by molar-refractivity contribution is 5.82. The van der Waals surface area contributed by atoms with Crippen LogP contribution in [0.15, 0.2) is 6.07 Å². The summed E-state index contributed by atoms with van der Waals surface area (Å²) in [6, 6.07) is 1.79. The molecule has 1 atom stereocenters. The van der Waals surface area contributed by atoms with Crippen LogP contribution in [0.25, 0.3) is 0 Å². The Balaban J connectivity index is 1.49. The Morgan fingerprint density at radius 1 is 1.24 bits per heavy atom. The largest absolute Gasteiger partial charge is 0.381 e. The second-order valence-electron chi connectivity index (χ2n) is 7.16. The second kappa shape index (κ2) is 8.10. The van der Waals surface area contributed by atoms with Crippen LogP contribution in [0, 0.1) is 19.8 Å². The maximum absolute atomic E-state index is 12.4. The number of aryl methyl sites for hydroxylation is 2. The fourth-order valence-corrected chi connectivity index (χ4v) is 3.70. The number of nitrogens with zero attached hydrogens (tertiary/aromatic N) is 3. The first-order chi connectivity index (χ1) is 12.0. The number of hydrogen-bond donors (Lipinski definition) is 2. The van der Waals surface area contributed by atoms with Gasteiger partial charge in [0.15, 0.2) is 0 Å². The lowest BCUT2D eigenvalue weighted by Crippen LogP contribution is -2.52. The number of nitrogens with one attached hydrogen (secondary N) is 1. The molecule has 0 aromatic carbocycles. The molecule has 0 bridgehead atoms. The zero-order valence-corrected chi connectivity index (χ0v) is 15.2. The smallest absolute Gasteiger partial charge is 0.237 e. The van der Waals surface area contributed by atoms with Crippen LogP contribution in [0.5, 0.6) is 0 Å². The number of carbonyl (C=O) groups is 1. The lowest BCUT2D eigenvalue weighted by atomic mass is 9.91. The summed E-state index contributed by atoms with van der Waals surface area (Å²) in [6.45, 7) is 7.09. The molecule has 2 fully saturated rings. The molecule has 1 unspecified atom stereocenters. The minimum Gasteiger partial charge on any atom is -0.381 e. The van der Waals surface area contributed by atoms with E-state index in [1.54, 1.807) is 0 Å². The first-order valence-corrected chi connectivity index (χ1v) is 9.24. The molecule has 2 saturated heterocycles. The lowest BCUT2D eigenvalue weighted by Gasteiger charge is -2.34. The first-order valence-electron chi connectivity index (χ1n) is 9.24. The Morgan fingerprint density at radius 3 is 2.56 bits per heavy atom. The van der Waals surface area contributed by atoms with Gasteiger partial charge in [0.2, 0.25) is 5.91 Å². The fraction of sp³-hybridized carbons (Fsp3) is 0.722. The van der Waals surface area contributed by atoms with Crippen molar-refractivity contribution in [3.8, 4) is 0 Å². The molecule has 0 saturated carbocycles. The van der Waals surface area contributed by atoms with Crippen LogP contribution in [0.2, 0.25) is 0 Å². The summed E-state index contributed by atoms with van der Waals surface area (Å²) >= 11 is 0. The highest BCUT2D eigenvalue weighted by Gasteiger charge is 2.29. The lowest BCUT2D eigenvalue weighted by molar-refractivity contribution is -0.125. The van der Waals surface area contributed by atoms with E-state index in [9.17, 15) is 4.79 Å². The molecule has 3 N–H and O–H groups in total. The molecule has 2 aliphatic rings. The number of rotatable bonds is 4. The third kappa shape index (κ3) is 4.67. The van der Waals surface area contributed by atoms with E-state index in [1.807, 2.05) is 19.9 Å². The van der Waals surface area contributed by atoms with Crippen LogP contribution in [0.1, 0.15) is 37.2 Å². The highest BCUT2D eigenvalue weighted by atomic mass is 16.5. The van der Waals surface area contributed by atoms with Gasteiger partial charge in [0, 0.05) is 44.1 Å². The molecule has 138 valence electrons. The summed E-state index contributed by atoms with van der Waals surface area (Å²) in [5.41, 5.74) is 7.15. The summed E-state index contributed by atoms with van der Waals surface area (Å²) < 4.78 is 5.35. The number of anilines is 1. The molecule has 3 rings (SSSR count). The Kier molecular flexibility index (Phi) is 5.86. The molecule has 1 amide bonds. The summed E-state index contributed by atoms with van der Waals surface area (Å²) in [5.74, 6) is 2.00. The molecule has 1 aromatic rings. The van der Waals surface area contributed by atoms with Gasteiger partial charge in [-0.2, -0.15) is 0 Å². The van der Waals surface area contributed by atoms with Crippen molar-refractivity contribution in [2.24, 2.45) is 11.7 Å². The van der Waals surface area contributed by atoms with Gasteiger partial charge in [-0.05, 0) is 45.4 Å². The summed E-state index contributed by atoms with van der Waals surface area (Å²) in [7, 11) is 0. The summed E-state index contributed by atoms with van der Waals surface area (Å²) in [6.07, 6.45) is 3.57. The van der Waals surface area contributed by atoms with Crippen molar-refractivity contribution < 1.29 is 9.53 Å². The Hall–Kier alpha value is -1.73. The van der Waals surface area contributed by atoms with Gasteiger partial charge >= 0.3 is 0 Å². The Morgan fingerprint density at radius 2 is 1.92 bits per heavy atom. The normalized spacial score (nSPS) is 21.2. The van der Waals surface area contributed by atoms with Crippen molar-refractivity contribution in [1.29, 1.82) is 0 Å².